The average Bonchev–Trinajstić information content (AvgIpc) is 3.33. The van der Waals surface area contributed by atoms with Crippen molar-refractivity contribution in [3.63, 3.8) is 0 Å². The van der Waals surface area contributed by atoms with Crippen LogP contribution in [0, 0.1) is 12.8 Å². The van der Waals surface area contributed by atoms with Gasteiger partial charge in [-0.15, -0.1) is 0 Å². The van der Waals surface area contributed by atoms with Gasteiger partial charge in [-0.1, -0.05) is 0 Å². The zero-order chi connectivity index (χ0) is 23.2. The average molecular weight is 458 g/mol. The minimum atomic E-state index is -4.46. The summed E-state index contributed by atoms with van der Waals surface area (Å²) in [7, 11) is 0. The number of ether oxygens (including phenoxy) is 1. The molecule has 3 aromatic heterocycles. The summed E-state index contributed by atoms with van der Waals surface area (Å²) in [5.74, 6) is 0.417. The number of oxazole rings is 1. The molecule has 0 spiro atoms. The monoisotopic (exact) mass is 458 g/mol. The molecule has 172 valence electrons. The standard InChI is InChI=1S/C23H21F3N4O3/c1-13-2-5-16(21-27-8-9-32-21)20(29-13)22(31)30-12-14-3-6-17(30)18(10-14)33-19-7-4-15(11-28-19)23(24,25)26/h2,4-5,7-9,11,14,17-18H,3,6,10,12H2,1H3/t14-,17+,18-/m1/s1. The zero-order valence-electron chi connectivity index (χ0n) is 17.7. The number of fused-ring (bicyclic) bond motifs is 3. The molecule has 0 N–H and O–H groups in total. The van der Waals surface area contributed by atoms with E-state index in [1.165, 1.54) is 18.5 Å². The number of nitrogens with zero attached hydrogens (tertiary/aromatic N) is 4. The molecular formula is C23H21F3N4O3. The molecule has 10 heteroatoms. The van der Waals surface area contributed by atoms with Crippen LogP contribution in [-0.2, 0) is 6.18 Å². The second-order valence-electron chi connectivity index (χ2n) is 8.43. The molecule has 3 atom stereocenters. The molecule has 0 radical (unpaired) electrons. The molecule has 33 heavy (non-hydrogen) atoms. The molecule has 2 bridgehead atoms. The normalized spacial score (nSPS) is 22.4. The summed E-state index contributed by atoms with van der Waals surface area (Å²) in [5, 5.41) is 0. The van der Waals surface area contributed by atoms with E-state index in [0.717, 1.165) is 25.1 Å². The van der Waals surface area contributed by atoms with Gasteiger partial charge >= 0.3 is 6.18 Å². The summed E-state index contributed by atoms with van der Waals surface area (Å²) >= 11 is 0. The number of hydrogen-bond donors (Lipinski definition) is 0. The van der Waals surface area contributed by atoms with Gasteiger partial charge in [-0.2, -0.15) is 13.2 Å². The third-order valence-corrected chi connectivity index (χ3v) is 6.22. The molecular weight excluding hydrogens is 437 g/mol. The van der Waals surface area contributed by atoms with Crippen molar-refractivity contribution in [1.29, 1.82) is 0 Å². The molecule has 3 aromatic rings. The molecule has 0 aromatic carbocycles. The van der Waals surface area contributed by atoms with Gasteiger partial charge in [0, 0.05) is 24.5 Å². The van der Waals surface area contributed by atoms with Gasteiger partial charge in [-0.25, -0.2) is 15.0 Å². The molecule has 0 unspecified atom stereocenters. The van der Waals surface area contributed by atoms with E-state index in [1.807, 2.05) is 0 Å². The smallest absolute Gasteiger partial charge is 0.417 e. The number of carbonyl (C=O) groups is 1. The third kappa shape index (κ3) is 4.17. The molecule has 1 saturated carbocycles. The first-order valence-electron chi connectivity index (χ1n) is 10.7. The number of amides is 1. The van der Waals surface area contributed by atoms with Crippen LogP contribution < -0.4 is 4.74 Å². The summed E-state index contributed by atoms with van der Waals surface area (Å²) in [5.41, 5.74) is 0.634. The molecule has 2 aliphatic heterocycles. The van der Waals surface area contributed by atoms with Crippen LogP contribution >= 0.6 is 0 Å². The highest BCUT2D eigenvalue weighted by atomic mass is 19.4. The molecule has 5 heterocycles. The number of pyridine rings is 2. The van der Waals surface area contributed by atoms with Crippen LogP contribution in [0.2, 0.25) is 0 Å². The number of piperidine rings is 2. The maximum absolute atomic E-state index is 13.6. The third-order valence-electron chi connectivity index (χ3n) is 6.22. The summed E-state index contributed by atoms with van der Waals surface area (Å²) < 4.78 is 49.8. The van der Waals surface area contributed by atoms with E-state index in [0.29, 0.717) is 30.1 Å². The van der Waals surface area contributed by atoms with Gasteiger partial charge in [0.15, 0.2) is 0 Å². The number of alkyl halides is 3. The van der Waals surface area contributed by atoms with Gasteiger partial charge in [0.25, 0.3) is 5.91 Å². The lowest BCUT2D eigenvalue weighted by atomic mass is 9.77. The van der Waals surface area contributed by atoms with Crippen molar-refractivity contribution in [2.24, 2.45) is 5.92 Å². The predicted octanol–water partition coefficient (Wildman–Crippen LogP) is 4.53. The Bertz CT molecular complexity index is 1150. The maximum Gasteiger partial charge on any atom is 0.417 e. The van der Waals surface area contributed by atoms with Gasteiger partial charge in [0.05, 0.1) is 23.4 Å². The van der Waals surface area contributed by atoms with E-state index < -0.39 is 11.7 Å². The molecule has 3 fully saturated rings. The summed E-state index contributed by atoms with van der Waals surface area (Å²) in [6, 6.07) is 5.50. The topological polar surface area (TPSA) is 81.4 Å². The van der Waals surface area contributed by atoms with Crippen LogP contribution in [0.1, 0.15) is 41.0 Å². The van der Waals surface area contributed by atoms with E-state index in [1.54, 1.807) is 24.0 Å². The number of halogens is 3. The summed E-state index contributed by atoms with van der Waals surface area (Å²) in [4.78, 5) is 27.8. The number of carbonyl (C=O) groups excluding carboxylic acids is 1. The molecule has 3 aliphatic rings. The van der Waals surface area contributed by atoms with Crippen molar-refractivity contribution in [1.82, 2.24) is 19.9 Å². The summed E-state index contributed by atoms with van der Waals surface area (Å²) in [6.07, 6.45) is 1.30. The Morgan fingerprint density at radius 2 is 2.03 bits per heavy atom. The molecule has 2 saturated heterocycles. The van der Waals surface area contributed by atoms with Gasteiger partial charge in [0.2, 0.25) is 11.8 Å². The lowest BCUT2D eigenvalue weighted by Gasteiger charge is -2.49. The van der Waals surface area contributed by atoms with Gasteiger partial charge in [0.1, 0.15) is 18.1 Å². The van der Waals surface area contributed by atoms with E-state index in [-0.39, 0.29) is 35.5 Å². The van der Waals surface area contributed by atoms with E-state index in [9.17, 15) is 18.0 Å². The van der Waals surface area contributed by atoms with Crippen LogP contribution in [0.3, 0.4) is 0 Å². The van der Waals surface area contributed by atoms with Crippen molar-refractivity contribution in [3.8, 4) is 17.3 Å². The molecule has 1 amide bonds. The Morgan fingerprint density at radius 1 is 1.18 bits per heavy atom. The quantitative estimate of drug-likeness (QED) is 0.572. The fraction of sp³-hybridized carbons (Fsp3) is 0.391. The number of hydrogen-bond acceptors (Lipinski definition) is 6. The Labute approximate surface area is 187 Å². The maximum atomic E-state index is 13.6. The van der Waals surface area contributed by atoms with Crippen LogP contribution in [-0.4, -0.2) is 44.4 Å². The molecule has 6 rings (SSSR count). The number of aromatic nitrogens is 3. The van der Waals surface area contributed by atoms with Crippen LogP contribution in [0.25, 0.3) is 11.5 Å². The van der Waals surface area contributed by atoms with Crippen LogP contribution in [0.15, 0.2) is 47.3 Å². The summed E-state index contributed by atoms with van der Waals surface area (Å²) in [6.45, 7) is 2.38. The fourth-order valence-electron chi connectivity index (χ4n) is 4.65. The Kier molecular flexibility index (Phi) is 5.30. The lowest BCUT2D eigenvalue weighted by Crippen LogP contribution is -2.59. The first kappa shape index (κ1) is 21.4. The highest BCUT2D eigenvalue weighted by Gasteiger charge is 2.45. The Morgan fingerprint density at radius 3 is 2.70 bits per heavy atom. The molecule has 7 nitrogen and oxygen atoms in total. The second kappa shape index (κ2) is 8.17. The van der Waals surface area contributed by atoms with Gasteiger partial charge < -0.3 is 14.1 Å². The highest BCUT2D eigenvalue weighted by molar-refractivity contribution is 5.98. The van der Waals surface area contributed by atoms with Crippen molar-refractivity contribution in [2.75, 3.05) is 6.54 Å². The van der Waals surface area contributed by atoms with Crippen molar-refractivity contribution in [2.45, 2.75) is 44.5 Å². The van der Waals surface area contributed by atoms with Crippen molar-refractivity contribution in [3.05, 3.63) is 59.9 Å². The minimum Gasteiger partial charge on any atom is -0.472 e. The fourth-order valence-corrected chi connectivity index (χ4v) is 4.65. The van der Waals surface area contributed by atoms with Crippen molar-refractivity contribution >= 4 is 5.91 Å². The Hall–Kier alpha value is -3.43. The molecule has 1 aliphatic carbocycles. The second-order valence-corrected chi connectivity index (χ2v) is 8.43. The van der Waals surface area contributed by atoms with E-state index >= 15 is 0 Å². The SMILES string of the molecule is Cc1ccc(-c2ncco2)c(C(=O)N2C[C@@H]3CC[C@H]2[C@H](Oc2ccc(C(F)(F)F)cn2)C3)n1. The number of rotatable bonds is 4. The number of aryl methyl sites for hydroxylation is 1. The zero-order valence-corrected chi connectivity index (χ0v) is 17.7. The Balaban J connectivity index is 1.39. The van der Waals surface area contributed by atoms with Crippen LogP contribution in [0.4, 0.5) is 13.2 Å². The highest BCUT2D eigenvalue weighted by Crippen LogP contribution is 2.39. The van der Waals surface area contributed by atoms with E-state index in [2.05, 4.69) is 15.0 Å². The predicted molar refractivity (Wildman–Crippen MR) is 110 cm³/mol. The minimum absolute atomic E-state index is 0.113. The first-order chi connectivity index (χ1) is 15.8. The lowest BCUT2D eigenvalue weighted by molar-refractivity contribution is -0.137. The first-order valence-corrected chi connectivity index (χ1v) is 10.7. The van der Waals surface area contributed by atoms with E-state index in [4.69, 9.17) is 9.15 Å². The van der Waals surface area contributed by atoms with Crippen molar-refractivity contribution < 1.29 is 27.1 Å². The largest absolute Gasteiger partial charge is 0.472 e. The van der Waals surface area contributed by atoms with Gasteiger partial charge in [-0.05, 0) is 50.3 Å². The van der Waals surface area contributed by atoms with Gasteiger partial charge in [-0.3, -0.25) is 4.79 Å². The van der Waals surface area contributed by atoms with Crippen LogP contribution in [0.5, 0.6) is 5.88 Å².